The van der Waals surface area contributed by atoms with Gasteiger partial charge in [-0.05, 0) is 74.2 Å². The Balaban J connectivity index is 1.42. The van der Waals surface area contributed by atoms with Gasteiger partial charge in [-0.3, -0.25) is 9.69 Å². The first-order valence-electron chi connectivity index (χ1n) is 8.63. The van der Waals surface area contributed by atoms with E-state index in [2.05, 4.69) is 45.1 Å². The number of ketones is 1. The summed E-state index contributed by atoms with van der Waals surface area (Å²) in [5.41, 5.74) is 0.413. The zero-order chi connectivity index (χ0) is 15.6. The van der Waals surface area contributed by atoms with E-state index >= 15 is 0 Å². The molecule has 2 nitrogen and oxygen atoms in total. The molecule has 120 valence electrons. The van der Waals surface area contributed by atoms with Crippen LogP contribution in [-0.2, 0) is 0 Å². The van der Waals surface area contributed by atoms with Gasteiger partial charge in [0.25, 0.3) is 0 Å². The number of halogens is 1. The Hall–Kier alpha value is -0.710. The molecular formula is C19H20BrNOS. The fourth-order valence-electron chi connectivity index (χ4n) is 5.03. The molecule has 0 N–H and O–H groups in total. The minimum Gasteiger partial charge on any atom is -0.297 e. The van der Waals surface area contributed by atoms with E-state index in [4.69, 9.17) is 0 Å². The third-order valence-corrected chi connectivity index (χ3v) is 7.99. The summed E-state index contributed by atoms with van der Waals surface area (Å²) in [4.78, 5) is 16.6. The standard InChI is InChI=1S/C19H20BrNOS/c20-14-2-1-13-9-18(23-17(13)10-14)16(22)11-15-12-3-7-21(8-4-12)19(15)5-6-19/h1-2,9-10,12,15H,3-8,11H2/t15-/m1/s1. The molecule has 1 atom stereocenters. The van der Waals surface area contributed by atoms with Crippen LogP contribution in [0.2, 0.25) is 0 Å². The maximum atomic E-state index is 12.9. The maximum absolute atomic E-state index is 12.9. The van der Waals surface area contributed by atoms with Gasteiger partial charge < -0.3 is 0 Å². The van der Waals surface area contributed by atoms with Gasteiger partial charge in [0.15, 0.2) is 5.78 Å². The Kier molecular flexibility index (Phi) is 3.27. The largest absolute Gasteiger partial charge is 0.297 e. The van der Waals surface area contributed by atoms with Crippen LogP contribution in [0.4, 0.5) is 0 Å². The molecule has 1 aromatic carbocycles. The third kappa shape index (κ3) is 2.25. The summed E-state index contributed by atoms with van der Waals surface area (Å²) < 4.78 is 2.29. The molecule has 0 amide bonds. The Labute approximate surface area is 149 Å². The average Bonchev–Trinajstić information content (AvgIpc) is 3.22. The highest BCUT2D eigenvalue weighted by atomic mass is 79.9. The molecule has 23 heavy (non-hydrogen) atoms. The first-order valence-corrected chi connectivity index (χ1v) is 10.2. The third-order valence-electron chi connectivity index (χ3n) is 6.35. The minimum atomic E-state index is 0.368. The van der Waals surface area contributed by atoms with Crippen LogP contribution in [0, 0.1) is 11.8 Å². The van der Waals surface area contributed by atoms with E-state index in [1.165, 1.54) is 48.9 Å². The van der Waals surface area contributed by atoms with Crippen LogP contribution >= 0.6 is 27.3 Å². The molecule has 3 saturated heterocycles. The van der Waals surface area contributed by atoms with Crippen LogP contribution in [0.15, 0.2) is 28.7 Å². The van der Waals surface area contributed by atoms with E-state index < -0.39 is 0 Å². The summed E-state index contributed by atoms with van der Waals surface area (Å²) in [6, 6.07) is 8.36. The van der Waals surface area contributed by atoms with Crippen molar-refractivity contribution >= 4 is 43.1 Å². The molecule has 1 spiro atoms. The maximum Gasteiger partial charge on any atom is 0.173 e. The molecule has 4 heteroatoms. The van der Waals surface area contributed by atoms with Crippen LogP contribution in [0.1, 0.15) is 41.8 Å². The summed E-state index contributed by atoms with van der Waals surface area (Å²) in [5.74, 6) is 1.76. The fourth-order valence-corrected chi connectivity index (χ4v) is 6.60. The van der Waals surface area contributed by atoms with Gasteiger partial charge in [-0.15, -0.1) is 11.3 Å². The zero-order valence-electron chi connectivity index (χ0n) is 13.1. The van der Waals surface area contributed by atoms with Crippen molar-refractivity contribution in [1.29, 1.82) is 0 Å². The highest BCUT2D eigenvalue weighted by Crippen LogP contribution is 2.58. The first-order chi connectivity index (χ1) is 11.2. The van der Waals surface area contributed by atoms with Crippen molar-refractivity contribution in [3.63, 3.8) is 0 Å². The lowest BCUT2D eigenvalue weighted by molar-refractivity contribution is -0.0273. The van der Waals surface area contributed by atoms with Gasteiger partial charge in [-0.2, -0.15) is 0 Å². The van der Waals surface area contributed by atoms with Crippen molar-refractivity contribution in [2.75, 3.05) is 13.1 Å². The van der Waals surface area contributed by atoms with E-state index in [0.29, 0.717) is 17.2 Å². The van der Waals surface area contributed by atoms with Gasteiger partial charge >= 0.3 is 0 Å². The second-order valence-corrected chi connectivity index (χ2v) is 9.45. The second-order valence-electron chi connectivity index (χ2n) is 7.45. The molecule has 1 aliphatic carbocycles. The molecule has 0 radical (unpaired) electrons. The van der Waals surface area contributed by atoms with Crippen molar-refractivity contribution in [1.82, 2.24) is 4.90 Å². The molecule has 4 aliphatic rings. The predicted octanol–water partition coefficient (Wildman–Crippen LogP) is 5.11. The Morgan fingerprint density at radius 2 is 2.04 bits per heavy atom. The number of fused-ring (bicyclic) bond motifs is 3. The molecule has 0 unspecified atom stereocenters. The van der Waals surface area contributed by atoms with E-state index in [0.717, 1.165) is 21.7 Å². The lowest BCUT2D eigenvalue weighted by Gasteiger charge is -2.52. The molecular weight excluding hydrogens is 370 g/mol. The highest BCUT2D eigenvalue weighted by molar-refractivity contribution is 9.10. The Morgan fingerprint density at radius 3 is 2.78 bits per heavy atom. The summed E-state index contributed by atoms with van der Waals surface area (Å²) in [6.45, 7) is 2.54. The molecule has 6 rings (SSSR count). The van der Waals surface area contributed by atoms with Crippen molar-refractivity contribution in [3.8, 4) is 0 Å². The van der Waals surface area contributed by atoms with E-state index in [-0.39, 0.29) is 0 Å². The van der Waals surface area contributed by atoms with Crippen LogP contribution in [0.5, 0.6) is 0 Å². The van der Waals surface area contributed by atoms with Gasteiger partial charge in [-0.25, -0.2) is 0 Å². The normalized spacial score (nSPS) is 30.9. The van der Waals surface area contributed by atoms with Gasteiger partial charge in [0.05, 0.1) is 4.88 Å². The number of carbonyl (C=O) groups is 1. The monoisotopic (exact) mass is 389 g/mol. The minimum absolute atomic E-state index is 0.368. The van der Waals surface area contributed by atoms with Crippen LogP contribution in [-0.4, -0.2) is 29.3 Å². The van der Waals surface area contributed by atoms with Crippen molar-refractivity contribution in [2.24, 2.45) is 11.8 Å². The molecule has 3 aliphatic heterocycles. The van der Waals surface area contributed by atoms with Gasteiger partial charge in [0.2, 0.25) is 0 Å². The van der Waals surface area contributed by atoms with E-state index in [9.17, 15) is 4.79 Å². The van der Waals surface area contributed by atoms with Crippen molar-refractivity contribution < 1.29 is 4.79 Å². The number of carbonyl (C=O) groups excluding carboxylic acids is 1. The number of rotatable bonds is 3. The summed E-state index contributed by atoms with van der Waals surface area (Å²) in [5, 5.41) is 1.19. The van der Waals surface area contributed by atoms with Gasteiger partial charge in [-0.1, -0.05) is 22.0 Å². The lowest BCUT2D eigenvalue weighted by atomic mass is 9.70. The van der Waals surface area contributed by atoms with Crippen LogP contribution < -0.4 is 0 Å². The number of Topliss-reactive ketones (excluding diaryl/α,β-unsaturated/α-hetero) is 1. The molecule has 2 aromatic rings. The molecule has 1 aromatic heterocycles. The first kappa shape index (κ1) is 14.6. The van der Waals surface area contributed by atoms with Crippen molar-refractivity contribution in [3.05, 3.63) is 33.6 Å². The van der Waals surface area contributed by atoms with E-state index in [1.54, 1.807) is 11.3 Å². The van der Waals surface area contributed by atoms with Gasteiger partial charge in [0, 0.05) is 21.1 Å². The number of piperidine rings is 3. The smallest absolute Gasteiger partial charge is 0.173 e. The quantitative estimate of drug-likeness (QED) is 0.679. The van der Waals surface area contributed by atoms with Crippen molar-refractivity contribution in [2.45, 2.75) is 37.6 Å². The molecule has 4 fully saturated rings. The topological polar surface area (TPSA) is 20.3 Å². The fraction of sp³-hybridized carbons (Fsp3) is 0.526. The molecule has 2 bridgehead atoms. The summed E-state index contributed by atoms with van der Waals surface area (Å²) in [6.07, 6.45) is 6.01. The van der Waals surface area contributed by atoms with E-state index in [1.807, 2.05) is 0 Å². The second kappa shape index (κ2) is 5.14. The number of hydrogen-bond acceptors (Lipinski definition) is 3. The molecule has 4 heterocycles. The zero-order valence-corrected chi connectivity index (χ0v) is 15.5. The number of hydrogen-bond donors (Lipinski definition) is 0. The highest BCUT2D eigenvalue weighted by Gasteiger charge is 2.60. The van der Waals surface area contributed by atoms with Crippen LogP contribution in [0.25, 0.3) is 10.1 Å². The number of benzene rings is 1. The molecule has 1 saturated carbocycles. The SMILES string of the molecule is O=C(C[C@@H]1C2CCN(CC2)C12CC2)c1cc2ccc(Br)cc2s1. The lowest BCUT2D eigenvalue weighted by Crippen LogP contribution is -2.57. The Morgan fingerprint density at radius 1 is 1.26 bits per heavy atom. The predicted molar refractivity (Wildman–Crippen MR) is 98.2 cm³/mol. The number of nitrogens with zero attached hydrogens (tertiary/aromatic N) is 1. The van der Waals surface area contributed by atoms with Crippen LogP contribution in [0.3, 0.4) is 0 Å². The average molecular weight is 390 g/mol. The summed E-state index contributed by atoms with van der Waals surface area (Å²) in [7, 11) is 0. The van der Waals surface area contributed by atoms with Gasteiger partial charge in [0.1, 0.15) is 0 Å². The number of thiophene rings is 1. The summed E-state index contributed by atoms with van der Waals surface area (Å²) >= 11 is 5.18. The Bertz CT molecular complexity index is 786.